The van der Waals surface area contributed by atoms with Gasteiger partial charge in [0.15, 0.2) is 5.69 Å². The number of aromatic nitrogens is 1. The minimum absolute atomic E-state index is 0.661. The van der Waals surface area contributed by atoms with Crippen molar-refractivity contribution in [1.82, 2.24) is 0 Å². The number of pyridine rings is 1. The molecule has 3 heteroatoms. The molecule has 3 aromatic carbocycles. The quantitative estimate of drug-likeness (QED) is 0.184. The Kier molecular flexibility index (Phi) is 5.64. The molecule has 3 nitrogen and oxygen atoms in total. The van der Waals surface area contributed by atoms with Gasteiger partial charge in [-0.3, -0.25) is 0 Å². The summed E-state index contributed by atoms with van der Waals surface area (Å²) in [6.07, 6.45) is 5.26. The average molecular weight is 486 g/mol. The van der Waals surface area contributed by atoms with Crippen LogP contribution in [0.25, 0.3) is 49.2 Å². The molecule has 0 bridgehead atoms. The van der Waals surface area contributed by atoms with E-state index in [1.807, 2.05) is 25.1 Å². The molecule has 0 N–H and O–H groups in total. The predicted molar refractivity (Wildman–Crippen MR) is 152 cm³/mol. The summed E-state index contributed by atoms with van der Waals surface area (Å²) in [7, 11) is 2.19. The van der Waals surface area contributed by atoms with E-state index in [1.165, 1.54) is 53.8 Å². The van der Waals surface area contributed by atoms with Crippen LogP contribution in [0.5, 0.6) is 0 Å². The second kappa shape index (κ2) is 8.89. The minimum Gasteiger partial charge on any atom is -0.456 e. The molecule has 1 fully saturated rings. The van der Waals surface area contributed by atoms with E-state index < -0.39 is 0 Å². The Bertz CT molecular complexity index is 1730. The number of aryl methyl sites for hydroxylation is 3. The van der Waals surface area contributed by atoms with Crippen LogP contribution < -0.4 is 4.57 Å². The Morgan fingerprint density at radius 1 is 0.811 bits per heavy atom. The van der Waals surface area contributed by atoms with Crippen LogP contribution in [0.15, 0.2) is 59.0 Å². The summed E-state index contributed by atoms with van der Waals surface area (Å²) in [4.78, 5) is 3.94. The number of nitrogens with zero attached hydrogens (tertiary/aromatic N) is 2. The van der Waals surface area contributed by atoms with Crippen molar-refractivity contribution < 1.29 is 8.98 Å². The van der Waals surface area contributed by atoms with E-state index >= 15 is 0 Å². The Morgan fingerprint density at radius 2 is 1.51 bits per heavy atom. The maximum absolute atomic E-state index is 7.94. The average Bonchev–Trinajstić information content (AvgIpc) is 3.54. The molecule has 0 spiro atoms. The lowest BCUT2D eigenvalue weighted by Crippen LogP contribution is -2.37. The van der Waals surface area contributed by atoms with Crippen LogP contribution in [0.4, 0.5) is 5.69 Å². The number of benzene rings is 3. The molecule has 2 heterocycles. The van der Waals surface area contributed by atoms with E-state index in [1.54, 1.807) is 0 Å². The van der Waals surface area contributed by atoms with Gasteiger partial charge in [-0.25, -0.2) is 4.85 Å². The van der Waals surface area contributed by atoms with Crippen LogP contribution in [-0.4, -0.2) is 0 Å². The third kappa shape index (κ3) is 3.58. The highest BCUT2D eigenvalue weighted by Gasteiger charge is 2.29. The molecule has 6 rings (SSSR count). The minimum atomic E-state index is 0.661. The van der Waals surface area contributed by atoms with E-state index in [4.69, 9.17) is 11.0 Å². The second-order valence-electron chi connectivity index (χ2n) is 10.8. The van der Waals surface area contributed by atoms with Crippen molar-refractivity contribution in [3.8, 4) is 22.4 Å². The van der Waals surface area contributed by atoms with Crippen molar-refractivity contribution in [2.45, 2.75) is 59.3 Å². The molecule has 0 unspecified atom stereocenters. The molecular formula is C34H33N2O+. The van der Waals surface area contributed by atoms with Gasteiger partial charge in [-0.1, -0.05) is 61.4 Å². The van der Waals surface area contributed by atoms with Gasteiger partial charge in [-0.05, 0) is 61.8 Å². The fraction of sp³-hybridized carbons (Fsp3) is 0.294. The van der Waals surface area contributed by atoms with Crippen LogP contribution in [-0.2, 0) is 7.05 Å². The first-order valence-electron chi connectivity index (χ1n) is 13.3. The number of fused-ring (bicyclic) bond motifs is 3. The smallest absolute Gasteiger partial charge is 0.216 e. The maximum Gasteiger partial charge on any atom is 0.216 e. The Morgan fingerprint density at radius 3 is 2.22 bits per heavy atom. The van der Waals surface area contributed by atoms with E-state index in [0.29, 0.717) is 11.6 Å². The van der Waals surface area contributed by atoms with Crippen molar-refractivity contribution >= 4 is 27.6 Å². The van der Waals surface area contributed by atoms with Crippen molar-refractivity contribution in [2.24, 2.45) is 7.05 Å². The van der Waals surface area contributed by atoms with Gasteiger partial charge in [0.05, 0.1) is 12.1 Å². The van der Waals surface area contributed by atoms with Gasteiger partial charge in [-0.15, -0.1) is 0 Å². The summed E-state index contributed by atoms with van der Waals surface area (Å²) < 4.78 is 9.17. The van der Waals surface area contributed by atoms with Gasteiger partial charge < -0.3 is 4.42 Å². The lowest BCUT2D eigenvalue weighted by Gasteiger charge is -2.17. The van der Waals surface area contributed by atoms with Crippen molar-refractivity contribution in [3.05, 3.63) is 94.0 Å². The molecule has 0 atom stereocenters. The zero-order valence-corrected chi connectivity index (χ0v) is 22.4. The first-order valence-corrected chi connectivity index (χ1v) is 13.3. The topological polar surface area (TPSA) is 21.4 Å². The first kappa shape index (κ1) is 23.5. The largest absolute Gasteiger partial charge is 0.456 e. The van der Waals surface area contributed by atoms with Gasteiger partial charge in [-0.2, -0.15) is 4.57 Å². The van der Waals surface area contributed by atoms with Gasteiger partial charge in [0.2, 0.25) is 11.4 Å². The van der Waals surface area contributed by atoms with E-state index in [0.717, 1.165) is 44.2 Å². The molecule has 1 aliphatic rings. The first-order chi connectivity index (χ1) is 17.9. The standard InChI is InChI=1S/C34H33N2O/c1-20-16-17-26-27-18-22(3)32(35-5)31(25-12-8-7-9-13-25)34(27)37-33(26)30(20)28-19-21(2)29(23(4)36(28)6)24-14-10-11-15-24/h7-9,12-13,16-19,24H,10-11,14-15H2,1-4,6H3/q+1. The lowest BCUT2D eigenvalue weighted by molar-refractivity contribution is -0.667. The van der Waals surface area contributed by atoms with Crippen molar-refractivity contribution in [1.29, 1.82) is 0 Å². The molecule has 184 valence electrons. The molecule has 0 saturated heterocycles. The van der Waals surface area contributed by atoms with Crippen LogP contribution in [0.2, 0.25) is 0 Å². The third-order valence-corrected chi connectivity index (χ3v) is 8.53. The van der Waals surface area contributed by atoms with E-state index in [-0.39, 0.29) is 0 Å². The Labute approximate surface area is 219 Å². The molecular weight excluding hydrogens is 452 g/mol. The lowest BCUT2D eigenvalue weighted by atomic mass is 9.90. The Hall–Kier alpha value is -3.90. The SMILES string of the molecule is [C-]#[N+]c1c(C)cc2c(oc3c(-c4cc(C)c(C5CCCC5)c(C)[n+]4C)c(C)ccc32)c1-c1ccccc1. The number of hydrogen-bond donors (Lipinski definition) is 0. The van der Waals surface area contributed by atoms with Crippen LogP contribution in [0.3, 0.4) is 0 Å². The highest BCUT2D eigenvalue weighted by Crippen LogP contribution is 2.46. The van der Waals surface area contributed by atoms with Gasteiger partial charge in [0.1, 0.15) is 18.2 Å². The normalized spacial score (nSPS) is 14.1. The summed E-state index contributed by atoms with van der Waals surface area (Å²) in [6, 6.07) is 19.1. The summed E-state index contributed by atoms with van der Waals surface area (Å²) in [6.45, 7) is 16.7. The molecule has 1 aliphatic carbocycles. The molecule has 0 aliphatic heterocycles. The van der Waals surface area contributed by atoms with Crippen molar-refractivity contribution in [3.63, 3.8) is 0 Å². The van der Waals surface area contributed by atoms with Crippen LogP contribution in [0.1, 0.15) is 59.5 Å². The highest BCUT2D eigenvalue weighted by atomic mass is 16.3. The van der Waals surface area contributed by atoms with Gasteiger partial charge >= 0.3 is 0 Å². The fourth-order valence-electron chi connectivity index (χ4n) is 6.63. The van der Waals surface area contributed by atoms with Crippen LogP contribution >= 0.6 is 0 Å². The van der Waals surface area contributed by atoms with Gasteiger partial charge in [0.25, 0.3) is 0 Å². The summed E-state index contributed by atoms with van der Waals surface area (Å²) in [5, 5.41) is 2.17. The van der Waals surface area contributed by atoms with Crippen LogP contribution in [0, 0.1) is 34.3 Å². The molecule has 0 radical (unpaired) electrons. The monoisotopic (exact) mass is 485 g/mol. The number of hydrogen-bond acceptors (Lipinski definition) is 1. The van der Waals surface area contributed by atoms with Gasteiger partial charge in [0, 0.05) is 34.9 Å². The molecule has 1 saturated carbocycles. The number of rotatable bonds is 3. The highest BCUT2D eigenvalue weighted by molar-refractivity contribution is 6.15. The molecule has 37 heavy (non-hydrogen) atoms. The fourth-order valence-corrected chi connectivity index (χ4v) is 6.63. The molecule has 0 amide bonds. The van der Waals surface area contributed by atoms with Crippen molar-refractivity contribution in [2.75, 3.05) is 0 Å². The Balaban J connectivity index is 1.68. The number of furan rings is 1. The molecule has 5 aromatic rings. The summed E-state index contributed by atoms with van der Waals surface area (Å²) in [5.41, 5.74) is 13.0. The van der Waals surface area contributed by atoms with E-state index in [2.05, 4.69) is 73.6 Å². The predicted octanol–water partition coefficient (Wildman–Crippen LogP) is 9.19. The third-order valence-electron chi connectivity index (χ3n) is 8.53. The van der Waals surface area contributed by atoms with E-state index in [9.17, 15) is 0 Å². The maximum atomic E-state index is 7.94. The zero-order valence-electron chi connectivity index (χ0n) is 22.4. The zero-order chi connectivity index (χ0) is 25.8. The second-order valence-corrected chi connectivity index (χ2v) is 10.8. The molecule has 2 aromatic heterocycles. The summed E-state index contributed by atoms with van der Waals surface area (Å²) in [5.74, 6) is 0.673. The summed E-state index contributed by atoms with van der Waals surface area (Å²) >= 11 is 0.